The van der Waals surface area contributed by atoms with E-state index in [0.29, 0.717) is 6.26 Å². The van der Waals surface area contributed by atoms with Crippen molar-refractivity contribution in [1.82, 2.24) is 0 Å². The molecule has 0 radical (unpaired) electrons. The summed E-state index contributed by atoms with van der Waals surface area (Å²) in [6.07, 6.45) is 3.85. The lowest BCUT2D eigenvalue weighted by Gasteiger charge is -1.94. The lowest BCUT2D eigenvalue weighted by Crippen LogP contribution is -2.00. The summed E-state index contributed by atoms with van der Waals surface area (Å²) in [4.78, 5) is 0. The van der Waals surface area contributed by atoms with Crippen LogP contribution >= 0.6 is 0 Å². The molecule has 0 saturated heterocycles. The van der Waals surface area contributed by atoms with Crippen molar-refractivity contribution in [2.45, 2.75) is 38.3 Å². The van der Waals surface area contributed by atoms with Gasteiger partial charge in [0, 0.05) is 0 Å². The Labute approximate surface area is 76.6 Å². The molecule has 13 heavy (non-hydrogen) atoms. The van der Waals surface area contributed by atoms with Gasteiger partial charge >= 0.3 is 6.18 Å². The molecule has 78 valence electrons. The van der Waals surface area contributed by atoms with Crippen molar-refractivity contribution in [3.63, 3.8) is 0 Å². The Morgan fingerprint density at radius 1 is 1.00 bits per heavy atom. The highest BCUT2D eigenvalue weighted by Gasteiger charge is 2.21. The van der Waals surface area contributed by atoms with Crippen molar-refractivity contribution in [1.29, 1.82) is 0 Å². The van der Waals surface area contributed by atoms with Gasteiger partial charge < -0.3 is 4.74 Å². The predicted molar refractivity (Wildman–Crippen MR) is 45.3 cm³/mol. The number of methoxy groups -OCH3 is 1. The molecule has 0 aromatic carbocycles. The standard InChI is InChI=1S/C5H10.C4H5F3O/c1-2-4-5-3-1;1-8-3-2-4(5,6)7/h1-5H2;2-3H,1H3. The summed E-state index contributed by atoms with van der Waals surface area (Å²) < 4.78 is 37.2. The van der Waals surface area contributed by atoms with E-state index in [2.05, 4.69) is 4.74 Å². The van der Waals surface area contributed by atoms with Gasteiger partial charge in [-0.1, -0.05) is 32.1 Å². The van der Waals surface area contributed by atoms with Crippen LogP contribution in [0.1, 0.15) is 32.1 Å². The smallest absolute Gasteiger partial charge is 0.412 e. The van der Waals surface area contributed by atoms with Crippen LogP contribution in [0.2, 0.25) is 0 Å². The molecule has 0 N–H and O–H groups in total. The molecule has 0 atom stereocenters. The molecular formula is C9H15F3O. The summed E-state index contributed by atoms with van der Waals surface area (Å²) in [7, 11) is 1.16. The van der Waals surface area contributed by atoms with Gasteiger partial charge in [-0.25, -0.2) is 0 Å². The molecule has 0 unspecified atom stereocenters. The molecule has 1 aliphatic rings. The molecule has 0 aromatic rings. The quantitative estimate of drug-likeness (QED) is 0.581. The third kappa shape index (κ3) is 11.3. The van der Waals surface area contributed by atoms with Crippen molar-refractivity contribution in [3.8, 4) is 0 Å². The molecule has 1 aliphatic carbocycles. The van der Waals surface area contributed by atoms with Crippen LogP contribution in [0.15, 0.2) is 12.3 Å². The Kier molecular flexibility index (Phi) is 6.45. The lowest BCUT2D eigenvalue weighted by molar-refractivity contribution is -0.0813. The molecule has 4 heteroatoms. The minimum Gasteiger partial charge on any atom is -0.504 e. The van der Waals surface area contributed by atoms with Crippen LogP contribution in [-0.4, -0.2) is 13.3 Å². The summed E-state index contributed by atoms with van der Waals surface area (Å²) in [6, 6.07) is 0. The van der Waals surface area contributed by atoms with Crippen molar-refractivity contribution in [2.24, 2.45) is 0 Å². The highest BCUT2D eigenvalue weighted by molar-refractivity contribution is 4.81. The van der Waals surface area contributed by atoms with Gasteiger partial charge in [-0.3, -0.25) is 0 Å². The molecule has 0 amide bonds. The van der Waals surface area contributed by atoms with Gasteiger partial charge in [0.05, 0.1) is 19.4 Å². The van der Waals surface area contributed by atoms with Gasteiger partial charge in [-0.15, -0.1) is 0 Å². The molecule has 1 nitrogen and oxygen atoms in total. The van der Waals surface area contributed by atoms with Gasteiger partial charge in [0.1, 0.15) is 0 Å². The number of hydrogen-bond acceptors (Lipinski definition) is 1. The van der Waals surface area contributed by atoms with Crippen LogP contribution < -0.4 is 0 Å². The SMILES string of the molecule is C1CCCC1.COC=CC(F)(F)F. The number of ether oxygens (including phenoxy) is 1. The van der Waals surface area contributed by atoms with Crippen molar-refractivity contribution in [2.75, 3.05) is 7.11 Å². The van der Waals surface area contributed by atoms with Gasteiger partial charge in [0.15, 0.2) is 0 Å². The van der Waals surface area contributed by atoms with Crippen LogP contribution in [0, 0.1) is 0 Å². The Balaban J connectivity index is 0.000000243. The summed E-state index contributed by atoms with van der Waals surface area (Å²) >= 11 is 0. The minimum atomic E-state index is -4.25. The molecule has 0 heterocycles. The van der Waals surface area contributed by atoms with Crippen molar-refractivity contribution >= 4 is 0 Å². The minimum absolute atomic E-state index is 0.0208. The van der Waals surface area contributed by atoms with Crippen LogP contribution in [0.5, 0.6) is 0 Å². The van der Waals surface area contributed by atoms with Crippen molar-refractivity contribution in [3.05, 3.63) is 12.3 Å². The van der Waals surface area contributed by atoms with E-state index < -0.39 is 6.18 Å². The number of hydrogen-bond donors (Lipinski definition) is 0. The first-order chi connectivity index (χ1) is 6.06. The molecule has 0 aliphatic heterocycles. The lowest BCUT2D eigenvalue weighted by atomic mass is 10.4. The first-order valence-electron chi connectivity index (χ1n) is 4.33. The predicted octanol–water partition coefficient (Wildman–Crippen LogP) is 3.66. The van der Waals surface area contributed by atoms with E-state index in [-0.39, 0.29) is 6.08 Å². The maximum Gasteiger partial charge on any atom is 0.412 e. The number of halogens is 3. The third-order valence-electron chi connectivity index (χ3n) is 1.64. The fraction of sp³-hybridized carbons (Fsp3) is 0.778. The Bertz CT molecular complexity index is 129. The van der Waals surface area contributed by atoms with E-state index in [1.807, 2.05) is 0 Å². The van der Waals surface area contributed by atoms with E-state index in [1.165, 1.54) is 32.1 Å². The molecule has 1 rings (SSSR count). The van der Waals surface area contributed by atoms with Crippen LogP contribution in [0.25, 0.3) is 0 Å². The molecular weight excluding hydrogens is 181 g/mol. The zero-order valence-corrected chi connectivity index (χ0v) is 7.73. The second-order valence-corrected chi connectivity index (χ2v) is 2.85. The summed E-state index contributed by atoms with van der Waals surface area (Å²) in [5.41, 5.74) is 0. The molecule has 1 saturated carbocycles. The zero-order valence-electron chi connectivity index (χ0n) is 7.73. The first kappa shape index (κ1) is 12.3. The van der Waals surface area contributed by atoms with Crippen molar-refractivity contribution < 1.29 is 17.9 Å². The number of alkyl halides is 3. The second-order valence-electron chi connectivity index (χ2n) is 2.85. The third-order valence-corrected chi connectivity index (χ3v) is 1.64. The molecule has 0 bridgehead atoms. The van der Waals surface area contributed by atoms with E-state index in [4.69, 9.17) is 0 Å². The highest BCUT2D eigenvalue weighted by Crippen LogP contribution is 2.15. The fourth-order valence-electron chi connectivity index (χ4n) is 1.03. The summed E-state index contributed by atoms with van der Waals surface area (Å²) in [5, 5.41) is 0. The summed E-state index contributed by atoms with van der Waals surface area (Å²) in [6.45, 7) is 0. The molecule has 0 spiro atoms. The number of rotatable bonds is 1. The average molecular weight is 196 g/mol. The van der Waals surface area contributed by atoms with Gasteiger partial charge in [-0.2, -0.15) is 13.2 Å². The second kappa shape index (κ2) is 6.80. The van der Waals surface area contributed by atoms with Gasteiger partial charge in [-0.05, 0) is 0 Å². The Morgan fingerprint density at radius 2 is 1.38 bits per heavy atom. The zero-order chi connectivity index (χ0) is 10.2. The maximum absolute atomic E-state index is 11.1. The fourth-order valence-corrected chi connectivity index (χ4v) is 1.03. The van der Waals surface area contributed by atoms with Crippen LogP contribution in [0.4, 0.5) is 13.2 Å². The number of allylic oxidation sites excluding steroid dienone is 1. The van der Waals surface area contributed by atoms with Gasteiger partial charge in [0.2, 0.25) is 0 Å². The highest BCUT2D eigenvalue weighted by atomic mass is 19.4. The van der Waals surface area contributed by atoms with E-state index in [9.17, 15) is 13.2 Å². The molecule has 1 fully saturated rings. The summed E-state index contributed by atoms with van der Waals surface area (Å²) in [5.74, 6) is 0. The Morgan fingerprint density at radius 3 is 1.54 bits per heavy atom. The van der Waals surface area contributed by atoms with Crippen LogP contribution in [-0.2, 0) is 4.74 Å². The van der Waals surface area contributed by atoms with E-state index >= 15 is 0 Å². The monoisotopic (exact) mass is 196 g/mol. The topological polar surface area (TPSA) is 9.23 Å². The first-order valence-corrected chi connectivity index (χ1v) is 4.33. The molecule has 0 aromatic heterocycles. The maximum atomic E-state index is 11.1. The van der Waals surface area contributed by atoms with Gasteiger partial charge in [0.25, 0.3) is 0 Å². The van der Waals surface area contributed by atoms with E-state index in [0.717, 1.165) is 7.11 Å². The largest absolute Gasteiger partial charge is 0.504 e. The normalized spacial score (nSPS) is 16.9. The van der Waals surface area contributed by atoms with E-state index in [1.54, 1.807) is 0 Å². The van der Waals surface area contributed by atoms with Crippen LogP contribution in [0.3, 0.4) is 0 Å². The Hall–Kier alpha value is -0.670. The average Bonchev–Trinajstić information content (AvgIpc) is 2.56.